The zero-order chi connectivity index (χ0) is 17.6. The van der Waals surface area contributed by atoms with Gasteiger partial charge in [-0.1, -0.05) is 6.42 Å². The molecule has 0 aromatic rings. The fourth-order valence-corrected chi connectivity index (χ4v) is 3.88. The van der Waals surface area contributed by atoms with Gasteiger partial charge >= 0.3 is 0 Å². The van der Waals surface area contributed by atoms with Crippen LogP contribution in [0, 0.1) is 0 Å². The molecule has 0 saturated carbocycles. The Labute approximate surface area is 149 Å². The highest BCUT2D eigenvalue weighted by Gasteiger charge is 2.27. The molecule has 0 aromatic carbocycles. The second-order valence-electron chi connectivity index (χ2n) is 7.37. The maximum Gasteiger partial charge on any atom is 0.242 e. The molecule has 0 spiro atoms. The van der Waals surface area contributed by atoms with Gasteiger partial charge in [0, 0.05) is 52.2 Å². The van der Waals surface area contributed by atoms with Gasteiger partial charge in [-0.25, -0.2) is 0 Å². The van der Waals surface area contributed by atoms with E-state index < -0.39 is 0 Å². The highest BCUT2D eigenvalue weighted by molar-refractivity contribution is 5.85. The molecule has 0 unspecified atom stereocenters. The molecule has 0 bridgehead atoms. The molecule has 3 aliphatic rings. The maximum atomic E-state index is 12.5. The summed E-state index contributed by atoms with van der Waals surface area (Å²) in [6.45, 7) is 5.93. The molecule has 0 aromatic heterocycles. The average molecular weight is 350 g/mol. The van der Waals surface area contributed by atoms with Crippen LogP contribution in [0.4, 0.5) is 0 Å². The summed E-state index contributed by atoms with van der Waals surface area (Å²) in [6.07, 6.45) is 5.80. The van der Waals surface area contributed by atoms with E-state index in [0.717, 1.165) is 58.3 Å². The fraction of sp³-hybridized carbons (Fsp3) is 0.833. The molecule has 0 radical (unpaired) electrons. The minimum atomic E-state index is 0.0424. The van der Waals surface area contributed by atoms with Gasteiger partial charge in [-0.3, -0.25) is 19.3 Å². The fourth-order valence-electron chi connectivity index (χ4n) is 3.88. The van der Waals surface area contributed by atoms with E-state index in [2.05, 4.69) is 4.90 Å². The Morgan fingerprint density at radius 2 is 1.28 bits per heavy atom. The van der Waals surface area contributed by atoms with Crippen LogP contribution in [0.3, 0.4) is 0 Å². The lowest BCUT2D eigenvalue weighted by atomic mass is 10.2. The number of hydrogen-bond acceptors (Lipinski definition) is 4. The molecule has 7 heteroatoms. The van der Waals surface area contributed by atoms with Crippen LogP contribution in [-0.4, -0.2) is 96.2 Å². The maximum absolute atomic E-state index is 12.5. The molecule has 3 fully saturated rings. The summed E-state index contributed by atoms with van der Waals surface area (Å²) in [7, 11) is 0. The van der Waals surface area contributed by atoms with Gasteiger partial charge in [-0.15, -0.1) is 0 Å². The molecule has 3 rings (SSSR count). The molecule has 7 nitrogen and oxygen atoms in total. The van der Waals surface area contributed by atoms with Gasteiger partial charge in [-0.05, 0) is 25.7 Å². The zero-order valence-electron chi connectivity index (χ0n) is 15.1. The number of carbonyl (C=O) groups is 3. The van der Waals surface area contributed by atoms with Crippen molar-refractivity contribution < 1.29 is 14.4 Å². The van der Waals surface area contributed by atoms with Crippen molar-refractivity contribution in [2.75, 3.05) is 58.9 Å². The van der Waals surface area contributed by atoms with Crippen molar-refractivity contribution in [2.45, 2.75) is 38.5 Å². The summed E-state index contributed by atoms with van der Waals surface area (Å²) in [5.74, 6) is 0.369. The summed E-state index contributed by atoms with van der Waals surface area (Å²) in [6, 6.07) is 0. The standard InChI is InChI=1S/C18H30N4O3/c23-16-6-2-1-3-9-22(16)15-18(25)21-12-10-19(11-13-21)14-17(24)20-7-4-5-8-20/h1-15H2. The second-order valence-corrected chi connectivity index (χ2v) is 7.37. The van der Waals surface area contributed by atoms with Crippen LogP contribution in [0.15, 0.2) is 0 Å². The highest BCUT2D eigenvalue weighted by atomic mass is 16.2. The third-order valence-corrected chi connectivity index (χ3v) is 5.54. The Bertz CT molecular complexity index is 497. The third-order valence-electron chi connectivity index (χ3n) is 5.54. The minimum Gasteiger partial charge on any atom is -0.342 e. The first-order valence-electron chi connectivity index (χ1n) is 9.69. The first-order valence-corrected chi connectivity index (χ1v) is 9.69. The van der Waals surface area contributed by atoms with Crippen LogP contribution in [0.25, 0.3) is 0 Å². The Balaban J connectivity index is 1.41. The van der Waals surface area contributed by atoms with E-state index in [4.69, 9.17) is 0 Å². The average Bonchev–Trinajstić information content (AvgIpc) is 3.08. The topological polar surface area (TPSA) is 64.2 Å². The van der Waals surface area contributed by atoms with Crippen molar-refractivity contribution in [3.05, 3.63) is 0 Å². The predicted octanol–water partition coefficient (Wildman–Crippen LogP) is 0.156. The van der Waals surface area contributed by atoms with Crippen molar-refractivity contribution in [3.8, 4) is 0 Å². The van der Waals surface area contributed by atoms with E-state index in [0.29, 0.717) is 32.6 Å². The summed E-state index contributed by atoms with van der Waals surface area (Å²) in [5.41, 5.74) is 0. The first kappa shape index (κ1) is 18.2. The molecule has 0 aliphatic carbocycles. The molecule has 0 atom stereocenters. The van der Waals surface area contributed by atoms with Gasteiger partial charge in [0.2, 0.25) is 17.7 Å². The van der Waals surface area contributed by atoms with Crippen LogP contribution < -0.4 is 0 Å². The lowest BCUT2D eigenvalue weighted by Gasteiger charge is -2.36. The number of nitrogens with zero attached hydrogens (tertiary/aromatic N) is 4. The van der Waals surface area contributed by atoms with E-state index >= 15 is 0 Å². The summed E-state index contributed by atoms with van der Waals surface area (Å²) < 4.78 is 0. The Morgan fingerprint density at radius 3 is 2.00 bits per heavy atom. The minimum absolute atomic E-state index is 0.0424. The smallest absolute Gasteiger partial charge is 0.242 e. The molecule has 0 N–H and O–H groups in total. The quantitative estimate of drug-likeness (QED) is 0.724. The van der Waals surface area contributed by atoms with Crippen LogP contribution in [0.5, 0.6) is 0 Å². The molecular weight excluding hydrogens is 320 g/mol. The van der Waals surface area contributed by atoms with Crippen molar-refractivity contribution in [2.24, 2.45) is 0 Å². The van der Waals surface area contributed by atoms with Crippen molar-refractivity contribution in [1.29, 1.82) is 0 Å². The Morgan fingerprint density at radius 1 is 0.680 bits per heavy atom. The van der Waals surface area contributed by atoms with Crippen molar-refractivity contribution in [1.82, 2.24) is 19.6 Å². The lowest BCUT2D eigenvalue weighted by Crippen LogP contribution is -2.53. The number of hydrogen-bond donors (Lipinski definition) is 0. The van der Waals surface area contributed by atoms with E-state index in [1.807, 2.05) is 9.80 Å². The SMILES string of the molecule is O=C(CN1CCN(C(=O)CN2CCCCCC2=O)CC1)N1CCCC1. The second kappa shape index (κ2) is 8.65. The van der Waals surface area contributed by atoms with E-state index in [1.54, 1.807) is 4.90 Å². The van der Waals surface area contributed by atoms with Crippen molar-refractivity contribution in [3.63, 3.8) is 0 Å². The molecular formula is C18H30N4O3. The highest BCUT2D eigenvalue weighted by Crippen LogP contribution is 2.12. The Kier molecular flexibility index (Phi) is 6.29. The molecule has 140 valence electrons. The first-order chi connectivity index (χ1) is 12.1. The van der Waals surface area contributed by atoms with E-state index in [1.165, 1.54) is 0 Å². The predicted molar refractivity (Wildman–Crippen MR) is 93.9 cm³/mol. The van der Waals surface area contributed by atoms with Gasteiger partial charge < -0.3 is 14.7 Å². The van der Waals surface area contributed by atoms with Gasteiger partial charge in [0.05, 0.1) is 13.1 Å². The zero-order valence-corrected chi connectivity index (χ0v) is 15.1. The number of carbonyl (C=O) groups excluding carboxylic acids is 3. The number of piperazine rings is 1. The number of amides is 3. The summed E-state index contributed by atoms with van der Waals surface area (Å²) in [5, 5.41) is 0. The molecule has 3 aliphatic heterocycles. The van der Waals surface area contributed by atoms with Gasteiger partial charge in [-0.2, -0.15) is 0 Å². The van der Waals surface area contributed by atoms with Gasteiger partial charge in [0.1, 0.15) is 0 Å². The van der Waals surface area contributed by atoms with Gasteiger partial charge in [0.15, 0.2) is 0 Å². The third kappa shape index (κ3) is 4.93. The molecule has 3 heterocycles. The van der Waals surface area contributed by atoms with E-state index in [-0.39, 0.29) is 24.3 Å². The van der Waals surface area contributed by atoms with Gasteiger partial charge in [0.25, 0.3) is 0 Å². The molecule has 3 saturated heterocycles. The monoisotopic (exact) mass is 350 g/mol. The number of rotatable bonds is 4. The Hall–Kier alpha value is -1.63. The van der Waals surface area contributed by atoms with Crippen molar-refractivity contribution >= 4 is 17.7 Å². The normalized spacial score (nSPS) is 23.0. The number of likely N-dealkylation sites (tertiary alicyclic amines) is 2. The summed E-state index contributed by atoms with van der Waals surface area (Å²) in [4.78, 5) is 44.4. The molecule has 25 heavy (non-hydrogen) atoms. The lowest BCUT2D eigenvalue weighted by molar-refractivity contribution is -0.141. The molecule has 3 amide bonds. The summed E-state index contributed by atoms with van der Waals surface area (Å²) >= 11 is 0. The van der Waals surface area contributed by atoms with Crippen LogP contribution in [0.2, 0.25) is 0 Å². The largest absolute Gasteiger partial charge is 0.342 e. The van der Waals surface area contributed by atoms with Crippen LogP contribution in [-0.2, 0) is 14.4 Å². The van der Waals surface area contributed by atoms with Crippen LogP contribution in [0.1, 0.15) is 38.5 Å². The van der Waals surface area contributed by atoms with E-state index in [9.17, 15) is 14.4 Å². The van der Waals surface area contributed by atoms with Crippen LogP contribution >= 0.6 is 0 Å².